The summed E-state index contributed by atoms with van der Waals surface area (Å²) < 4.78 is 24.4. The topological polar surface area (TPSA) is 77.2 Å². The van der Waals surface area contributed by atoms with Crippen LogP contribution in [0, 0.1) is 5.82 Å². The number of ether oxygens (including phenoxy) is 1. The Morgan fingerprint density at radius 1 is 1.03 bits per heavy atom. The van der Waals surface area contributed by atoms with E-state index in [2.05, 4.69) is 15.5 Å². The number of carbonyl (C=O) groups is 1. The van der Waals surface area contributed by atoms with E-state index in [0.29, 0.717) is 29.8 Å². The summed E-state index contributed by atoms with van der Waals surface area (Å²) in [7, 11) is 0. The van der Waals surface area contributed by atoms with Gasteiger partial charge >= 0.3 is 0 Å². The monoisotopic (exact) mass is 437 g/mol. The Hall–Kier alpha value is -3.39. The van der Waals surface area contributed by atoms with Crippen LogP contribution in [0.1, 0.15) is 11.5 Å². The molecule has 0 aliphatic rings. The zero-order valence-corrected chi connectivity index (χ0v) is 17.4. The lowest BCUT2D eigenvalue weighted by Crippen LogP contribution is -2.27. The fourth-order valence-corrected chi connectivity index (χ4v) is 3.58. The van der Waals surface area contributed by atoms with Gasteiger partial charge in [-0.15, -0.1) is 10.2 Å². The maximum absolute atomic E-state index is 13.2. The summed E-state index contributed by atoms with van der Waals surface area (Å²) >= 11 is 1.15. The summed E-state index contributed by atoms with van der Waals surface area (Å²) in [4.78, 5) is 12.0. The standard InChI is InChI=1S/C23H20FN3O3S/c24-19-7-3-4-16(12-19)10-11-25-21(28)15-31-23-27-26-22(30-23)14-29-20-9-8-17-5-1-2-6-18(17)13-20/h1-9,12-13H,10-11,14-15H2,(H,25,28). The Balaban J connectivity index is 1.20. The zero-order valence-electron chi connectivity index (χ0n) is 16.6. The van der Waals surface area contributed by atoms with Crippen molar-refractivity contribution in [3.05, 3.63) is 84.0 Å². The lowest BCUT2D eigenvalue weighted by molar-refractivity contribution is -0.118. The highest BCUT2D eigenvalue weighted by atomic mass is 32.2. The Morgan fingerprint density at radius 2 is 1.90 bits per heavy atom. The van der Waals surface area contributed by atoms with Gasteiger partial charge in [0.25, 0.3) is 11.1 Å². The number of nitrogens with one attached hydrogen (secondary N) is 1. The fourth-order valence-electron chi connectivity index (χ4n) is 2.97. The molecule has 158 valence electrons. The molecule has 0 unspecified atom stereocenters. The summed E-state index contributed by atoms with van der Waals surface area (Å²) in [5.74, 6) is 0.756. The van der Waals surface area contributed by atoms with Crippen LogP contribution in [0.25, 0.3) is 10.8 Å². The van der Waals surface area contributed by atoms with Gasteiger partial charge in [-0.05, 0) is 47.0 Å². The van der Waals surface area contributed by atoms with Crippen LogP contribution < -0.4 is 10.1 Å². The van der Waals surface area contributed by atoms with Crippen LogP contribution >= 0.6 is 11.8 Å². The van der Waals surface area contributed by atoms with Gasteiger partial charge in [-0.3, -0.25) is 4.79 Å². The second-order valence-electron chi connectivity index (χ2n) is 6.78. The van der Waals surface area contributed by atoms with Gasteiger partial charge in [-0.25, -0.2) is 4.39 Å². The van der Waals surface area contributed by atoms with Crippen molar-refractivity contribution in [2.24, 2.45) is 0 Å². The molecule has 0 spiro atoms. The van der Waals surface area contributed by atoms with E-state index in [1.165, 1.54) is 12.1 Å². The van der Waals surface area contributed by atoms with Crippen LogP contribution in [0.3, 0.4) is 0 Å². The molecule has 6 nitrogen and oxygen atoms in total. The maximum Gasteiger partial charge on any atom is 0.277 e. The number of aromatic nitrogens is 2. The summed E-state index contributed by atoms with van der Waals surface area (Å²) in [6.07, 6.45) is 0.560. The fraction of sp³-hybridized carbons (Fsp3) is 0.174. The van der Waals surface area contributed by atoms with Gasteiger partial charge in [0.15, 0.2) is 6.61 Å². The van der Waals surface area contributed by atoms with Crippen molar-refractivity contribution in [2.75, 3.05) is 12.3 Å². The SMILES string of the molecule is O=C(CSc1nnc(COc2ccc3ccccc3c2)o1)NCCc1cccc(F)c1. The average Bonchev–Trinajstić information content (AvgIpc) is 3.24. The zero-order chi connectivity index (χ0) is 21.5. The summed E-state index contributed by atoms with van der Waals surface area (Å²) in [5.41, 5.74) is 0.834. The minimum absolute atomic E-state index is 0.145. The smallest absolute Gasteiger partial charge is 0.277 e. The van der Waals surface area contributed by atoms with Crippen LogP contribution in [0.2, 0.25) is 0 Å². The normalized spacial score (nSPS) is 10.9. The van der Waals surface area contributed by atoms with E-state index in [1.54, 1.807) is 6.07 Å². The number of hydrogen-bond acceptors (Lipinski definition) is 6. The van der Waals surface area contributed by atoms with Crippen molar-refractivity contribution >= 4 is 28.4 Å². The van der Waals surface area contributed by atoms with Crippen molar-refractivity contribution < 1.29 is 18.3 Å². The lowest BCUT2D eigenvalue weighted by atomic mass is 10.1. The lowest BCUT2D eigenvalue weighted by Gasteiger charge is -2.05. The predicted molar refractivity (Wildman–Crippen MR) is 116 cm³/mol. The van der Waals surface area contributed by atoms with E-state index >= 15 is 0 Å². The molecule has 0 aliphatic heterocycles. The van der Waals surface area contributed by atoms with E-state index in [9.17, 15) is 9.18 Å². The second-order valence-corrected chi connectivity index (χ2v) is 7.70. The quantitative estimate of drug-likeness (QED) is 0.391. The van der Waals surface area contributed by atoms with Gasteiger partial charge in [-0.2, -0.15) is 0 Å². The molecule has 1 heterocycles. The van der Waals surface area contributed by atoms with Gasteiger partial charge in [-0.1, -0.05) is 54.2 Å². The van der Waals surface area contributed by atoms with E-state index in [4.69, 9.17) is 9.15 Å². The molecule has 4 aromatic rings. The first kappa shape index (κ1) is 20.9. The molecule has 0 aliphatic carbocycles. The molecule has 1 aromatic heterocycles. The highest BCUT2D eigenvalue weighted by Gasteiger charge is 2.10. The average molecular weight is 437 g/mol. The molecule has 1 amide bonds. The minimum atomic E-state index is -0.281. The van der Waals surface area contributed by atoms with E-state index in [-0.39, 0.29) is 24.1 Å². The number of rotatable bonds is 9. The van der Waals surface area contributed by atoms with E-state index < -0.39 is 0 Å². The van der Waals surface area contributed by atoms with Crippen LogP contribution in [-0.4, -0.2) is 28.4 Å². The van der Waals surface area contributed by atoms with Crippen LogP contribution in [0.15, 0.2) is 76.4 Å². The molecule has 0 fully saturated rings. The largest absolute Gasteiger partial charge is 0.484 e. The van der Waals surface area contributed by atoms with Crippen molar-refractivity contribution in [1.82, 2.24) is 15.5 Å². The number of benzene rings is 3. The summed E-state index contributed by atoms with van der Waals surface area (Å²) in [6.45, 7) is 0.573. The molecule has 0 bridgehead atoms. The Labute approximate surface area is 182 Å². The second kappa shape index (κ2) is 10.1. The number of halogens is 1. The highest BCUT2D eigenvalue weighted by molar-refractivity contribution is 7.99. The van der Waals surface area contributed by atoms with E-state index in [0.717, 1.165) is 28.1 Å². The van der Waals surface area contributed by atoms with Crippen molar-refractivity contribution in [2.45, 2.75) is 18.3 Å². The molecular formula is C23H20FN3O3S. The van der Waals surface area contributed by atoms with Gasteiger partial charge in [0.05, 0.1) is 5.75 Å². The van der Waals surface area contributed by atoms with Crippen LogP contribution in [0.4, 0.5) is 4.39 Å². The van der Waals surface area contributed by atoms with Gasteiger partial charge in [0.1, 0.15) is 11.6 Å². The summed E-state index contributed by atoms with van der Waals surface area (Å²) in [5, 5.41) is 13.2. The molecule has 0 atom stereocenters. The van der Waals surface area contributed by atoms with Gasteiger partial charge < -0.3 is 14.5 Å². The summed E-state index contributed by atoms with van der Waals surface area (Å²) in [6, 6.07) is 20.2. The third-order valence-electron chi connectivity index (χ3n) is 4.48. The molecule has 3 aromatic carbocycles. The Kier molecular flexibility index (Phi) is 6.78. The number of carbonyl (C=O) groups excluding carboxylic acids is 1. The maximum atomic E-state index is 13.2. The number of fused-ring (bicyclic) bond motifs is 1. The molecule has 8 heteroatoms. The highest BCUT2D eigenvalue weighted by Crippen LogP contribution is 2.22. The molecule has 1 N–H and O–H groups in total. The molecule has 0 saturated heterocycles. The molecule has 0 radical (unpaired) electrons. The van der Waals surface area contributed by atoms with Crippen LogP contribution in [-0.2, 0) is 17.8 Å². The number of thioether (sulfide) groups is 1. The Bertz CT molecular complexity index is 1180. The van der Waals surface area contributed by atoms with Crippen molar-refractivity contribution in [1.29, 1.82) is 0 Å². The molecule has 4 rings (SSSR count). The Morgan fingerprint density at radius 3 is 2.77 bits per heavy atom. The number of amides is 1. The first-order valence-electron chi connectivity index (χ1n) is 9.74. The molecular weight excluding hydrogens is 417 g/mol. The number of hydrogen-bond donors (Lipinski definition) is 1. The molecule has 31 heavy (non-hydrogen) atoms. The van der Waals surface area contributed by atoms with Gasteiger partial charge in [0.2, 0.25) is 5.91 Å². The van der Waals surface area contributed by atoms with Gasteiger partial charge in [0, 0.05) is 6.54 Å². The van der Waals surface area contributed by atoms with Crippen molar-refractivity contribution in [3.8, 4) is 5.75 Å². The predicted octanol–water partition coefficient (Wildman–Crippen LogP) is 4.39. The first-order valence-corrected chi connectivity index (χ1v) is 10.7. The first-order chi connectivity index (χ1) is 15.2. The van der Waals surface area contributed by atoms with Crippen molar-refractivity contribution in [3.63, 3.8) is 0 Å². The third kappa shape index (κ3) is 6.05. The van der Waals surface area contributed by atoms with E-state index in [1.807, 2.05) is 48.5 Å². The molecule has 0 saturated carbocycles. The minimum Gasteiger partial charge on any atom is -0.484 e. The van der Waals surface area contributed by atoms with Crippen LogP contribution in [0.5, 0.6) is 5.75 Å². The third-order valence-corrected chi connectivity index (χ3v) is 5.30. The number of nitrogens with zero attached hydrogens (tertiary/aromatic N) is 2.